The number of rotatable bonds is 4. The predicted molar refractivity (Wildman–Crippen MR) is 118 cm³/mol. The topological polar surface area (TPSA) is 76.6 Å². The van der Waals surface area contributed by atoms with Gasteiger partial charge in [-0.05, 0) is 30.3 Å². The molecule has 1 aliphatic heterocycles. The average Bonchev–Trinajstić information content (AvgIpc) is 3.26. The van der Waals surface area contributed by atoms with E-state index in [1.54, 1.807) is 54.6 Å². The van der Waals surface area contributed by atoms with E-state index >= 15 is 0 Å². The Morgan fingerprint density at radius 3 is 2.69 bits per heavy atom. The Balaban J connectivity index is 1.61. The van der Waals surface area contributed by atoms with E-state index < -0.39 is 4.92 Å². The van der Waals surface area contributed by atoms with Gasteiger partial charge in [-0.2, -0.15) is 0 Å². The van der Waals surface area contributed by atoms with Gasteiger partial charge in [0.2, 0.25) is 0 Å². The minimum Gasteiger partial charge on any atom is -0.457 e. The number of benzene rings is 2. The Morgan fingerprint density at radius 1 is 1.14 bits per heavy atom. The highest BCUT2D eigenvalue weighted by molar-refractivity contribution is 8.27. The van der Waals surface area contributed by atoms with E-state index in [1.807, 2.05) is 0 Å². The molecule has 1 amide bonds. The molecule has 2 aromatic carbocycles. The fourth-order valence-electron chi connectivity index (χ4n) is 2.79. The maximum Gasteiger partial charge on any atom is 0.270 e. The van der Waals surface area contributed by atoms with Gasteiger partial charge in [0.1, 0.15) is 11.5 Å². The van der Waals surface area contributed by atoms with Crippen molar-refractivity contribution in [3.63, 3.8) is 0 Å². The fraction of sp³-hybridized carbons (Fsp3) is 0. The number of halogens is 1. The highest BCUT2D eigenvalue weighted by Crippen LogP contribution is 2.37. The van der Waals surface area contributed by atoms with Gasteiger partial charge in [0.05, 0.1) is 15.5 Å². The van der Waals surface area contributed by atoms with Crippen LogP contribution in [0.4, 0.5) is 11.4 Å². The fourth-order valence-corrected chi connectivity index (χ4v) is 4.26. The van der Waals surface area contributed by atoms with Crippen molar-refractivity contribution < 1.29 is 14.1 Å². The van der Waals surface area contributed by atoms with Gasteiger partial charge >= 0.3 is 0 Å². The van der Waals surface area contributed by atoms with Crippen LogP contribution in [-0.2, 0) is 4.79 Å². The summed E-state index contributed by atoms with van der Waals surface area (Å²) in [6, 6.07) is 16.4. The molecule has 0 aliphatic carbocycles. The summed E-state index contributed by atoms with van der Waals surface area (Å²) in [5.41, 5.74) is 1.15. The zero-order valence-electron chi connectivity index (χ0n) is 14.6. The summed E-state index contributed by atoms with van der Waals surface area (Å²) in [7, 11) is 0. The number of thioether (sulfide) groups is 1. The van der Waals surface area contributed by atoms with Crippen LogP contribution in [0.3, 0.4) is 0 Å². The SMILES string of the molecule is O=C1/C(=C\c2ccc(-c3cccc([N+](=O)[O-])c3)o2)SC(=S)N1c1cccc(Cl)c1. The van der Waals surface area contributed by atoms with Crippen LogP contribution in [0, 0.1) is 10.1 Å². The molecule has 0 saturated carbocycles. The number of thiocarbonyl (C=S) groups is 1. The summed E-state index contributed by atoms with van der Waals surface area (Å²) in [6.45, 7) is 0. The molecule has 4 rings (SSSR count). The molecule has 0 bridgehead atoms. The molecule has 0 atom stereocenters. The van der Waals surface area contributed by atoms with E-state index in [9.17, 15) is 14.9 Å². The molecule has 0 unspecified atom stereocenters. The molecule has 144 valence electrons. The lowest BCUT2D eigenvalue weighted by molar-refractivity contribution is -0.384. The van der Waals surface area contributed by atoms with Crippen molar-refractivity contribution in [2.24, 2.45) is 0 Å². The van der Waals surface area contributed by atoms with E-state index in [0.717, 1.165) is 0 Å². The summed E-state index contributed by atoms with van der Waals surface area (Å²) in [5, 5.41) is 11.5. The maximum atomic E-state index is 12.8. The number of carbonyl (C=O) groups is 1. The van der Waals surface area contributed by atoms with Gasteiger partial charge in [0.25, 0.3) is 11.6 Å². The first-order valence-corrected chi connectivity index (χ1v) is 9.91. The lowest BCUT2D eigenvalue weighted by atomic mass is 10.1. The highest BCUT2D eigenvalue weighted by atomic mass is 35.5. The van der Waals surface area contributed by atoms with Gasteiger partial charge < -0.3 is 4.42 Å². The number of furan rings is 1. The number of hydrogen-bond donors (Lipinski definition) is 0. The Kier molecular flexibility index (Phi) is 5.23. The summed E-state index contributed by atoms with van der Waals surface area (Å²) >= 11 is 12.5. The summed E-state index contributed by atoms with van der Waals surface area (Å²) in [5.74, 6) is 0.638. The molecule has 1 aliphatic rings. The molecule has 3 aromatic rings. The number of nitro groups is 1. The average molecular weight is 443 g/mol. The monoisotopic (exact) mass is 442 g/mol. The van der Waals surface area contributed by atoms with Crippen LogP contribution >= 0.6 is 35.6 Å². The van der Waals surface area contributed by atoms with Crippen molar-refractivity contribution in [3.05, 3.63) is 86.5 Å². The van der Waals surface area contributed by atoms with Crippen LogP contribution in [-0.4, -0.2) is 15.2 Å². The number of nitrogens with zero attached hydrogens (tertiary/aromatic N) is 2. The quantitative estimate of drug-likeness (QED) is 0.216. The molecule has 2 heterocycles. The maximum absolute atomic E-state index is 12.8. The third-order valence-electron chi connectivity index (χ3n) is 4.10. The number of anilines is 1. The summed E-state index contributed by atoms with van der Waals surface area (Å²) in [4.78, 5) is 25.1. The molecular formula is C20H11ClN2O4S2. The number of hydrogen-bond acceptors (Lipinski definition) is 6. The van der Waals surface area contributed by atoms with E-state index in [-0.39, 0.29) is 11.6 Å². The second kappa shape index (κ2) is 7.82. The first-order chi connectivity index (χ1) is 13.9. The van der Waals surface area contributed by atoms with Gasteiger partial charge in [-0.25, -0.2) is 0 Å². The third-order valence-corrected chi connectivity index (χ3v) is 5.64. The standard InChI is InChI=1S/C20H11ClN2O4S2/c21-13-4-2-5-14(10-13)22-19(24)18(29-20(22)28)11-16-7-8-17(27-16)12-3-1-6-15(9-12)23(25)26/h1-11H/b18-11+. The Labute approximate surface area is 179 Å². The summed E-state index contributed by atoms with van der Waals surface area (Å²) < 4.78 is 6.16. The van der Waals surface area contributed by atoms with Gasteiger partial charge in [0.15, 0.2) is 4.32 Å². The Hall–Kier alpha value is -2.94. The number of amides is 1. The van der Waals surface area contributed by atoms with Crippen molar-refractivity contribution in [2.45, 2.75) is 0 Å². The lowest BCUT2D eigenvalue weighted by Crippen LogP contribution is -2.27. The summed E-state index contributed by atoms with van der Waals surface area (Å²) in [6.07, 6.45) is 1.60. The Morgan fingerprint density at radius 2 is 1.93 bits per heavy atom. The second-order valence-electron chi connectivity index (χ2n) is 6.01. The van der Waals surface area contributed by atoms with Gasteiger partial charge in [-0.3, -0.25) is 19.8 Å². The van der Waals surface area contributed by atoms with Gasteiger partial charge in [-0.15, -0.1) is 0 Å². The first-order valence-electron chi connectivity index (χ1n) is 8.30. The van der Waals surface area contributed by atoms with Gasteiger partial charge in [-0.1, -0.05) is 53.8 Å². The molecule has 1 aromatic heterocycles. The molecule has 9 heteroatoms. The van der Waals surface area contributed by atoms with E-state index in [0.29, 0.717) is 37.0 Å². The predicted octanol–water partition coefficient (Wildman–Crippen LogP) is 5.91. The zero-order valence-corrected chi connectivity index (χ0v) is 17.0. The van der Waals surface area contributed by atoms with Crippen molar-refractivity contribution in [1.29, 1.82) is 0 Å². The smallest absolute Gasteiger partial charge is 0.270 e. The molecule has 0 radical (unpaired) electrons. The van der Waals surface area contributed by atoms with E-state index in [1.165, 1.54) is 28.8 Å². The molecule has 29 heavy (non-hydrogen) atoms. The molecular weight excluding hydrogens is 432 g/mol. The van der Waals surface area contributed by atoms with Crippen molar-refractivity contribution >= 4 is 63.3 Å². The molecule has 0 N–H and O–H groups in total. The van der Waals surface area contributed by atoms with Crippen molar-refractivity contribution in [1.82, 2.24) is 0 Å². The normalized spacial score (nSPS) is 15.3. The lowest BCUT2D eigenvalue weighted by Gasteiger charge is -2.14. The molecule has 1 fully saturated rings. The minimum absolute atomic E-state index is 0.0251. The second-order valence-corrected chi connectivity index (χ2v) is 8.12. The van der Waals surface area contributed by atoms with E-state index in [2.05, 4.69) is 0 Å². The molecule has 1 saturated heterocycles. The van der Waals surface area contributed by atoms with Crippen molar-refractivity contribution in [3.8, 4) is 11.3 Å². The van der Waals surface area contributed by atoms with Crippen LogP contribution in [0.1, 0.15) is 5.76 Å². The van der Waals surface area contributed by atoms with E-state index in [4.69, 9.17) is 28.2 Å². The van der Waals surface area contributed by atoms with Crippen LogP contribution in [0.25, 0.3) is 17.4 Å². The molecule has 6 nitrogen and oxygen atoms in total. The molecule has 0 spiro atoms. The van der Waals surface area contributed by atoms with Crippen LogP contribution in [0.5, 0.6) is 0 Å². The minimum atomic E-state index is -0.464. The number of nitro benzene ring substituents is 1. The number of non-ortho nitro benzene ring substituents is 1. The zero-order chi connectivity index (χ0) is 20.5. The Bertz CT molecular complexity index is 1190. The third kappa shape index (κ3) is 3.95. The number of carbonyl (C=O) groups excluding carboxylic acids is 1. The highest BCUT2D eigenvalue weighted by Gasteiger charge is 2.33. The first kappa shape index (κ1) is 19.4. The van der Waals surface area contributed by atoms with Crippen molar-refractivity contribution in [2.75, 3.05) is 4.90 Å². The van der Waals surface area contributed by atoms with Crippen LogP contribution in [0.15, 0.2) is 70.0 Å². The van der Waals surface area contributed by atoms with Crippen LogP contribution < -0.4 is 4.90 Å². The van der Waals surface area contributed by atoms with Gasteiger partial charge in [0, 0.05) is 28.8 Å². The van der Waals surface area contributed by atoms with Crippen LogP contribution in [0.2, 0.25) is 5.02 Å². The largest absolute Gasteiger partial charge is 0.457 e.